The minimum absolute atomic E-state index is 0.00237. The molecule has 1 aliphatic carbocycles. The zero-order valence-electron chi connectivity index (χ0n) is 20.5. The number of anilines is 1. The first-order chi connectivity index (χ1) is 17.1. The molecular formula is C26H34BN7O. The zero-order valence-corrected chi connectivity index (χ0v) is 20.5. The Bertz CT molecular complexity index is 1140. The van der Waals surface area contributed by atoms with Crippen LogP contribution < -0.4 is 10.6 Å². The molecule has 1 saturated heterocycles. The van der Waals surface area contributed by atoms with Gasteiger partial charge in [0.2, 0.25) is 0 Å². The van der Waals surface area contributed by atoms with Gasteiger partial charge in [0.25, 0.3) is 5.91 Å². The summed E-state index contributed by atoms with van der Waals surface area (Å²) >= 11 is 0. The van der Waals surface area contributed by atoms with Crippen molar-refractivity contribution in [1.29, 1.82) is 0 Å². The van der Waals surface area contributed by atoms with E-state index in [2.05, 4.69) is 50.7 Å². The summed E-state index contributed by atoms with van der Waals surface area (Å²) < 4.78 is 1.86. The molecule has 0 bridgehead atoms. The van der Waals surface area contributed by atoms with Crippen LogP contribution in [0.25, 0.3) is 5.65 Å². The van der Waals surface area contributed by atoms with Crippen LogP contribution in [0.5, 0.6) is 0 Å². The molecule has 3 aromatic rings. The molecule has 2 unspecified atom stereocenters. The number of carbonyl (C=O) groups excluding carboxylic acids is 1. The summed E-state index contributed by atoms with van der Waals surface area (Å²) in [5, 5.41) is 11.3. The Hall–Kier alpha value is -2.91. The maximum absolute atomic E-state index is 12.9. The molecule has 0 spiro atoms. The summed E-state index contributed by atoms with van der Waals surface area (Å²) in [7, 11) is 5.84. The van der Waals surface area contributed by atoms with Gasteiger partial charge >= 0.3 is 0 Å². The first-order valence-electron chi connectivity index (χ1n) is 12.8. The van der Waals surface area contributed by atoms with Gasteiger partial charge in [-0.1, -0.05) is 25.5 Å². The normalized spacial score (nSPS) is 21.4. The fourth-order valence-corrected chi connectivity index (χ4v) is 5.11. The standard InChI is InChI=1S/C26H34BN7O/c1-2-3-21-17-25(34-24(29-21)10-11-28-34)30-22-8-9-23(16-22)31-26(35)20-6-4-19(5-7-20)18-32-12-14-33(27)15-13-32/h4-7,10-11,17,22-23,30H,2-3,8-9,12-16,18H2,1H3,(H,31,35). The van der Waals surface area contributed by atoms with Crippen LogP contribution in [-0.4, -0.2) is 76.5 Å². The monoisotopic (exact) mass is 471 g/mol. The highest BCUT2D eigenvalue weighted by Crippen LogP contribution is 2.24. The lowest BCUT2D eigenvalue weighted by atomic mass is 10.1. The number of aromatic nitrogens is 3. The minimum atomic E-state index is 0.00237. The molecule has 2 aromatic heterocycles. The van der Waals surface area contributed by atoms with Crippen molar-refractivity contribution < 1.29 is 4.79 Å². The van der Waals surface area contributed by atoms with Gasteiger partial charge in [-0.25, -0.2) is 4.98 Å². The van der Waals surface area contributed by atoms with Crippen LogP contribution in [0.4, 0.5) is 5.82 Å². The highest BCUT2D eigenvalue weighted by molar-refractivity contribution is 6.04. The molecule has 5 rings (SSSR count). The van der Waals surface area contributed by atoms with Crippen molar-refractivity contribution in [3.63, 3.8) is 0 Å². The Morgan fingerprint density at radius 1 is 1.09 bits per heavy atom. The highest BCUT2D eigenvalue weighted by atomic mass is 16.1. The van der Waals surface area contributed by atoms with Gasteiger partial charge < -0.3 is 15.4 Å². The lowest BCUT2D eigenvalue weighted by Gasteiger charge is -2.32. The molecule has 2 aliphatic rings. The molecule has 2 atom stereocenters. The van der Waals surface area contributed by atoms with E-state index in [1.807, 2.05) is 27.5 Å². The number of nitrogens with zero attached hydrogens (tertiary/aromatic N) is 5. The van der Waals surface area contributed by atoms with Gasteiger partial charge in [-0.2, -0.15) is 9.61 Å². The fraction of sp³-hybridized carbons (Fsp3) is 0.500. The third-order valence-electron chi connectivity index (χ3n) is 7.07. The minimum Gasteiger partial charge on any atom is -0.367 e. The Morgan fingerprint density at radius 2 is 1.86 bits per heavy atom. The third-order valence-corrected chi connectivity index (χ3v) is 7.07. The van der Waals surface area contributed by atoms with Gasteiger partial charge in [0.05, 0.1) is 6.20 Å². The predicted molar refractivity (Wildman–Crippen MR) is 139 cm³/mol. The van der Waals surface area contributed by atoms with Crippen molar-refractivity contribution >= 4 is 25.4 Å². The van der Waals surface area contributed by atoms with Crippen LogP contribution in [0.15, 0.2) is 42.6 Å². The molecule has 1 saturated carbocycles. The Labute approximate surface area is 208 Å². The number of hydrogen-bond donors (Lipinski definition) is 2. The predicted octanol–water partition coefficient (Wildman–Crippen LogP) is 2.65. The van der Waals surface area contributed by atoms with Crippen molar-refractivity contribution in [2.75, 3.05) is 31.5 Å². The summed E-state index contributed by atoms with van der Waals surface area (Å²) in [4.78, 5) is 21.8. The summed E-state index contributed by atoms with van der Waals surface area (Å²) in [5.74, 6) is 0.978. The quantitative estimate of drug-likeness (QED) is 0.492. The number of aryl methyl sites for hydroxylation is 1. The van der Waals surface area contributed by atoms with E-state index in [1.165, 1.54) is 5.56 Å². The van der Waals surface area contributed by atoms with E-state index in [-0.39, 0.29) is 11.9 Å². The summed E-state index contributed by atoms with van der Waals surface area (Å²) in [6.45, 7) is 6.79. The molecule has 2 radical (unpaired) electrons. The number of amides is 1. The molecular weight excluding hydrogens is 437 g/mol. The van der Waals surface area contributed by atoms with Crippen LogP contribution >= 0.6 is 0 Å². The highest BCUT2D eigenvalue weighted by Gasteiger charge is 2.27. The second kappa shape index (κ2) is 10.8. The average molecular weight is 471 g/mol. The van der Waals surface area contributed by atoms with Gasteiger partial charge in [-0.3, -0.25) is 9.69 Å². The maximum atomic E-state index is 12.9. The smallest absolute Gasteiger partial charge is 0.251 e. The van der Waals surface area contributed by atoms with Gasteiger partial charge in [0.1, 0.15) is 5.82 Å². The first-order valence-corrected chi connectivity index (χ1v) is 12.8. The van der Waals surface area contributed by atoms with E-state index in [9.17, 15) is 4.79 Å². The van der Waals surface area contributed by atoms with Crippen molar-refractivity contribution in [1.82, 2.24) is 29.6 Å². The molecule has 2 N–H and O–H groups in total. The van der Waals surface area contributed by atoms with Gasteiger partial charge in [-0.15, -0.1) is 0 Å². The van der Waals surface area contributed by atoms with E-state index in [1.54, 1.807) is 6.20 Å². The van der Waals surface area contributed by atoms with Crippen LogP contribution in [0.1, 0.15) is 54.2 Å². The number of hydrogen-bond acceptors (Lipinski definition) is 6. The van der Waals surface area contributed by atoms with Gasteiger partial charge in [-0.05, 0) is 56.5 Å². The van der Waals surface area contributed by atoms with Crippen LogP contribution in [0, 0.1) is 0 Å². The Morgan fingerprint density at radius 3 is 2.63 bits per heavy atom. The SMILES string of the molecule is [B]N1CCN(Cc2ccc(C(=O)NC3CCC(Nc4cc(CCC)nc5ccnn45)C3)cc2)CC1. The zero-order chi connectivity index (χ0) is 24.2. The third kappa shape index (κ3) is 5.85. The topological polar surface area (TPSA) is 77.8 Å². The van der Waals surface area contributed by atoms with E-state index < -0.39 is 0 Å². The van der Waals surface area contributed by atoms with Crippen molar-refractivity contribution in [2.45, 2.75) is 57.7 Å². The molecule has 2 fully saturated rings. The van der Waals surface area contributed by atoms with E-state index in [4.69, 9.17) is 7.98 Å². The number of carbonyl (C=O) groups is 1. The summed E-state index contributed by atoms with van der Waals surface area (Å²) in [6, 6.07) is 12.5. The first kappa shape index (κ1) is 23.8. The molecule has 3 heterocycles. The van der Waals surface area contributed by atoms with E-state index >= 15 is 0 Å². The largest absolute Gasteiger partial charge is 0.367 e. The number of piperazine rings is 1. The molecule has 182 valence electrons. The number of rotatable bonds is 8. The van der Waals surface area contributed by atoms with E-state index in [0.717, 1.165) is 82.0 Å². The second-order valence-electron chi connectivity index (χ2n) is 9.82. The second-order valence-corrected chi connectivity index (χ2v) is 9.82. The average Bonchev–Trinajstić information content (AvgIpc) is 3.51. The molecule has 9 heteroatoms. The molecule has 1 aliphatic heterocycles. The van der Waals surface area contributed by atoms with Crippen molar-refractivity contribution in [2.24, 2.45) is 0 Å². The van der Waals surface area contributed by atoms with Crippen molar-refractivity contribution in [3.8, 4) is 0 Å². The number of fused-ring (bicyclic) bond motifs is 1. The number of nitrogens with one attached hydrogen (secondary N) is 2. The molecule has 1 amide bonds. The number of benzene rings is 1. The van der Waals surface area contributed by atoms with Crippen LogP contribution in [-0.2, 0) is 13.0 Å². The van der Waals surface area contributed by atoms with Crippen LogP contribution in [0.3, 0.4) is 0 Å². The maximum Gasteiger partial charge on any atom is 0.251 e. The summed E-state index contributed by atoms with van der Waals surface area (Å²) in [6.07, 6.45) is 6.65. The van der Waals surface area contributed by atoms with Crippen LogP contribution in [0.2, 0.25) is 0 Å². The van der Waals surface area contributed by atoms with E-state index in [0.29, 0.717) is 11.6 Å². The molecule has 35 heavy (non-hydrogen) atoms. The summed E-state index contributed by atoms with van der Waals surface area (Å²) in [5.41, 5.74) is 3.89. The lowest BCUT2D eigenvalue weighted by molar-refractivity contribution is 0.0937. The molecule has 8 nitrogen and oxygen atoms in total. The fourth-order valence-electron chi connectivity index (χ4n) is 5.11. The van der Waals surface area contributed by atoms with Gasteiger partial charge in [0.15, 0.2) is 13.6 Å². The lowest BCUT2D eigenvalue weighted by Crippen LogP contribution is -2.44. The Balaban J connectivity index is 1.14. The Kier molecular flexibility index (Phi) is 7.34. The van der Waals surface area contributed by atoms with Crippen molar-refractivity contribution in [3.05, 3.63) is 59.4 Å². The molecule has 1 aromatic carbocycles. The van der Waals surface area contributed by atoms with Gasteiger partial charge in [0, 0.05) is 55.1 Å².